The second kappa shape index (κ2) is 4.84. The molecule has 1 N–H and O–H groups in total. The van der Waals surface area contributed by atoms with Gasteiger partial charge in [0.1, 0.15) is 0 Å². The molecule has 0 unspecified atom stereocenters. The molecule has 0 spiro atoms. The smallest absolute Gasteiger partial charge is 0.0223 e. The number of rotatable bonds is 6. The average Bonchev–Trinajstić information content (AvgIpc) is 2.92. The number of nitrogens with one attached hydrogen (secondary N) is 1. The van der Waals surface area contributed by atoms with Gasteiger partial charge in [-0.1, -0.05) is 13.8 Å². The predicted octanol–water partition coefficient (Wildman–Crippen LogP) is 2.79. The first-order chi connectivity index (χ1) is 7.24. The van der Waals surface area contributed by atoms with Crippen LogP contribution in [0.4, 0.5) is 0 Å². The highest BCUT2D eigenvalue weighted by atomic mass is 15.0. The summed E-state index contributed by atoms with van der Waals surface area (Å²) in [7, 11) is 0. The summed E-state index contributed by atoms with van der Waals surface area (Å²) in [6.45, 7) is 6.75. The Kier molecular flexibility index (Phi) is 3.47. The maximum absolute atomic E-state index is 3.54. The van der Waals surface area contributed by atoms with Crippen LogP contribution in [0.15, 0.2) is 18.5 Å². The minimum absolute atomic E-state index is 0.792. The normalized spacial score (nSPS) is 16.2. The molecule has 2 heteroatoms. The molecule has 84 valence electrons. The van der Waals surface area contributed by atoms with Crippen molar-refractivity contribution in [1.29, 1.82) is 0 Å². The quantitative estimate of drug-likeness (QED) is 0.757. The van der Waals surface area contributed by atoms with Crippen molar-refractivity contribution >= 4 is 0 Å². The molecule has 0 radical (unpaired) electrons. The van der Waals surface area contributed by atoms with Gasteiger partial charge >= 0.3 is 0 Å². The van der Waals surface area contributed by atoms with E-state index in [1.807, 2.05) is 0 Å². The van der Waals surface area contributed by atoms with Crippen molar-refractivity contribution in [2.75, 3.05) is 0 Å². The summed E-state index contributed by atoms with van der Waals surface area (Å²) in [5, 5.41) is 3.54. The molecule has 1 aromatic rings. The molecule has 15 heavy (non-hydrogen) atoms. The van der Waals surface area contributed by atoms with Gasteiger partial charge in [0, 0.05) is 31.5 Å². The summed E-state index contributed by atoms with van der Waals surface area (Å²) in [5.41, 5.74) is 1.42. The van der Waals surface area contributed by atoms with Gasteiger partial charge in [0.05, 0.1) is 0 Å². The SMILES string of the molecule is CC(C)CCn1ccc(CNC2CC2)c1. The molecule has 2 nitrogen and oxygen atoms in total. The Balaban J connectivity index is 1.75. The molecule has 0 aromatic carbocycles. The van der Waals surface area contributed by atoms with Gasteiger partial charge in [-0.2, -0.15) is 0 Å². The summed E-state index contributed by atoms with van der Waals surface area (Å²) in [4.78, 5) is 0. The molecular formula is C13H22N2. The summed E-state index contributed by atoms with van der Waals surface area (Å²) >= 11 is 0. The van der Waals surface area contributed by atoms with Gasteiger partial charge in [-0.05, 0) is 36.8 Å². The van der Waals surface area contributed by atoms with E-state index in [4.69, 9.17) is 0 Å². The fraction of sp³-hybridized carbons (Fsp3) is 0.692. The topological polar surface area (TPSA) is 17.0 Å². The fourth-order valence-corrected chi connectivity index (χ4v) is 1.69. The van der Waals surface area contributed by atoms with Crippen molar-refractivity contribution in [1.82, 2.24) is 9.88 Å². The third-order valence-corrected chi connectivity index (χ3v) is 2.95. The van der Waals surface area contributed by atoms with Gasteiger partial charge < -0.3 is 9.88 Å². The molecule has 0 aliphatic heterocycles. The van der Waals surface area contributed by atoms with Crippen molar-refractivity contribution < 1.29 is 0 Å². The van der Waals surface area contributed by atoms with Gasteiger partial charge in [0.15, 0.2) is 0 Å². The van der Waals surface area contributed by atoms with Crippen molar-refractivity contribution in [3.05, 3.63) is 24.0 Å². The van der Waals surface area contributed by atoms with E-state index >= 15 is 0 Å². The van der Waals surface area contributed by atoms with Crippen molar-refractivity contribution in [2.45, 2.75) is 52.2 Å². The lowest BCUT2D eigenvalue weighted by atomic mass is 10.1. The van der Waals surface area contributed by atoms with Crippen LogP contribution in [0, 0.1) is 5.92 Å². The average molecular weight is 206 g/mol. The minimum atomic E-state index is 0.792. The second-order valence-corrected chi connectivity index (χ2v) is 5.10. The van der Waals surface area contributed by atoms with Gasteiger partial charge in [0.2, 0.25) is 0 Å². The highest BCUT2D eigenvalue weighted by Crippen LogP contribution is 2.19. The summed E-state index contributed by atoms with van der Waals surface area (Å²) in [5.74, 6) is 0.792. The zero-order valence-corrected chi connectivity index (χ0v) is 9.87. The van der Waals surface area contributed by atoms with Crippen LogP contribution in [-0.2, 0) is 13.1 Å². The number of hydrogen-bond acceptors (Lipinski definition) is 1. The van der Waals surface area contributed by atoms with E-state index in [0.29, 0.717) is 0 Å². The molecule has 1 aliphatic rings. The minimum Gasteiger partial charge on any atom is -0.354 e. The molecule has 1 saturated carbocycles. The van der Waals surface area contributed by atoms with E-state index in [9.17, 15) is 0 Å². The van der Waals surface area contributed by atoms with E-state index in [2.05, 4.69) is 42.2 Å². The van der Waals surface area contributed by atoms with Gasteiger partial charge in [-0.15, -0.1) is 0 Å². The summed E-state index contributed by atoms with van der Waals surface area (Å²) in [6, 6.07) is 3.04. The maximum Gasteiger partial charge on any atom is 0.0223 e. The molecule has 2 rings (SSSR count). The molecule has 1 fully saturated rings. The Bertz CT molecular complexity index is 277. The van der Waals surface area contributed by atoms with Crippen molar-refractivity contribution in [3.63, 3.8) is 0 Å². The molecule has 0 saturated heterocycles. The molecular weight excluding hydrogens is 184 g/mol. The molecule has 1 aliphatic carbocycles. The first-order valence-corrected chi connectivity index (χ1v) is 6.12. The molecule has 0 atom stereocenters. The zero-order valence-electron chi connectivity index (χ0n) is 9.87. The number of hydrogen-bond donors (Lipinski definition) is 1. The highest BCUT2D eigenvalue weighted by Gasteiger charge is 2.19. The Morgan fingerprint density at radius 3 is 2.93 bits per heavy atom. The van der Waals surface area contributed by atoms with Crippen molar-refractivity contribution in [2.24, 2.45) is 5.92 Å². The summed E-state index contributed by atoms with van der Waals surface area (Å²) in [6.07, 6.45) is 8.48. The van der Waals surface area contributed by atoms with Crippen LogP contribution in [-0.4, -0.2) is 10.6 Å². The van der Waals surface area contributed by atoms with Crippen LogP contribution >= 0.6 is 0 Å². The predicted molar refractivity (Wildman–Crippen MR) is 63.7 cm³/mol. The third-order valence-electron chi connectivity index (χ3n) is 2.95. The Morgan fingerprint density at radius 2 is 2.27 bits per heavy atom. The largest absolute Gasteiger partial charge is 0.354 e. The first-order valence-electron chi connectivity index (χ1n) is 6.12. The van der Waals surface area contributed by atoms with E-state index in [-0.39, 0.29) is 0 Å². The van der Waals surface area contributed by atoms with Crippen molar-refractivity contribution in [3.8, 4) is 0 Å². The van der Waals surface area contributed by atoms with Crippen LogP contribution in [0.1, 0.15) is 38.7 Å². The van der Waals surface area contributed by atoms with E-state index in [1.165, 1.54) is 24.8 Å². The van der Waals surface area contributed by atoms with Crippen LogP contribution < -0.4 is 5.32 Å². The lowest BCUT2D eigenvalue weighted by Gasteiger charge is -2.05. The number of aromatic nitrogens is 1. The standard InChI is InChI=1S/C13H22N2/c1-11(2)5-7-15-8-6-12(10-15)9-14-13-3-4-13/h6,8,10-11,13-14H,3-5,7,9H2,1-2H3. The summed E-state index contributed by atoms with van der Waals surface area (Å²) < 4.78 is 2.31. The lowest BCUT2D eigenvalue weighted by molar-refractivity contribution is 0.516. The molecule has 0 amide bonds. The van der Waals surface area contributed by atoms with Gasteiger partial charge in [-0.25, -0.2) is 0 Å². The fourth-order valence-electron chi connectivity index (χ4n) is 1.69. The zero-order chi connectivity index (χ0) is 10.7. The maximum atomic E-state index is 3.54. The molecule has 0 bridgehead atoms. The van der Waals surface area contributed by atoms with Gasteiger partial charge in [-0.3, -0.25) is 0 Å². The Hall–Kier alpha value is -0.760. The monoisotopic (exact) mass is 206 g/mol. The lowest BCUT2D eigenvalue weighted by Crippen LogP contribution is -2.14. The van der Waals surface area contributed by atoms with Crippen LogP contribution in [0.3, 0.4) is 0 Å². The van der Waals surface area contributed by atoms with Gasteiger partial charge in [0.25, 0.3) is 0 Å². The molecule has 1 aromatic heterocycles. The third kappa shape index (κ3) is 3.71. The molecule has 1 heterocycles. The van der Waals surface area contributed by atoms with E-state index in [0.717, 1.165) is 25.0 Å². The number of nitrogens with zero attached hydrogens (tertiary/aromatic N) is 1. The second-order valence-electron chi connectivity index (χ2n) is 5.10. The van der Waals surface area contributed by atoms with E-state index < -0.39 is 0 Å². The van der Waals surface area contributed by atoms with Crippen LogP contribution in [0.25, 0.3) is 0 Å². The first kappa shape index (κ1) is 10.7. The van der Waals surface area contributed by atoms with E-state index in [1.54, 1.807) is 0 Å². The highest BCUT2D eigenvalue weighted by molar-refractivity contribution is 5.10. The van der Waals surface area contributed by atoms with Crippen LogP contribution in [0.2, 0.25) is 0 Å². The Labute approximate surface area is 92.7 Å². The Morgan fingerprint density at radius 1 is 1.47 bits per heavy atom. The van der Waals surface area contributed by atoms with Crippen LogP contribution in [0.5, 0.6) is 0 Å². The number of aryl methyl sites for hydroxylation is 1.